The predicted molar refractivity (Wildman–Crippen MR) is 55.0 cm³/mol. The molecule has 0 aliphatic carbocycles. The lowest BCUT2D eigenvalue weighted by Gasteiger charge is -2.02. The first-order valence-electron chi connectivity index (χ1n) is 4.88. The Morgan fingerprint density at radius 1 is 1.53 bits per heavy atom. The summed E-state index contributed by atoms with van der Waals surface area (Å²) in [6, 6.07) is 1.95. The third-order valence-corrected chi connectivity index (χ3v) is 2.20. The number of aromatic amines is 1. The molecule has 80 valence electrons. The lowest BCUT2D eigenvalue weighted by molar-refractivity contribution is 0.644. The van der Waals surface area contributed by atoms with Gasteiger partial charge >= 0.3 is 0 Å². The Kier molecular flexibility index (Phi) is 3.08. The van der Waals surface area contributed by atoms with Gasteiger partial charge in [0.2, 0.25) is 0 Å². The van der Waals surface area contributed by atoms with E-state index >= 15 is 0 Å². The van der Waals surface area contributed by atoms with Crippen LogP contribution in [0.4, 0.5) is 0 Å². The number of nitrogens with one attached hydrogen (secondary N) is 2. The smallest absolute Gasteiger partial charge is 0.133 e. The maximum absolute atomic E-state index is 4.00. The van der Waals surface area contributed by atoms with Crippen LogP contribution in [0, 0.1) is 0 Å². The van der Waals surface area contributed by atoms with Crippen molar-refractivity contribution in [3.8, 4) is 0 Å². The molecule has 0 radical (unpaired) electrons. The predicted octanol–water partition coefficient (Wildman–Crippen LogP) is -0.130. The van der Waals surface area contributed by atoms with Gasteiger partial charge < -0.3 is 9.88 Å². The highest BCUT2D eigenvalue weighted by Crippen LogP contribution is 1.93. The number of nitrogens with zero attached hydrogens (tertiary/aromatic N) is 4. The molecule has 2 rings (SSSR count). The molecule has 0 saturated heterocycles. The first kappa shape index (κ1) is 9.85. The summed E-state index contributed by atoms with van der Waals surface area (Å²) in [5.74, 6) is 0.993. The van der Waals surface area contributed by atoms with Crippen LogP contribution in [0.2, 0.25) is 0 Å². The van der Waals surface area contributed by atoms with E-state index in [1.165, 1.54) is 0 Å². The second kappa shape index (κ2) is 4.70. The first-order valence-corrected chi connectivity index (χ1v) is 4.88. The highest BCUT2D eigenvalue weighted by Gasteiger charge is 1.99. The fourth-order valence-corrected chi connectivity index (χ4v) is 1.34. The van der Waals surface area contributed by atoms with E-state index in [2.05, 4.69) is 25.7 Å². The van der Waals surface area contributed by atoms with Gasteiger partial charge in [-0.3, -0.25) is 5.10 Å². The first-order chi connectivity index (χ1) is 7.36. The molecule has 15 heavy (non-hydrogen) atoms. The van der Waals surface area contributed by atoms with Crippen molar-refractivity contribution in [2.75, 3.05) is 6.54 Å². The molecule has 0 spiro atoms. The van der Waals surface area contributed by atoms with Crippen LogP contribution in [-0.4, -0.2) is 31.5 Å². The molecule has 2 N–H and O–H groups in total. The summed E-state index contributed by atoms with van der Waals surface area (Å²) in [6.45, 7) is 1.68. The highest BCUT2D eigenvalue weighted by molar-refractivity contribution is 4.96. The Labute approximate surface area is 87.7 Å². The zero-order chi connectivity index (χ0) is 10.5. The van der Waals surface area contributed by atoms with Gasteiger partial charge in [0.05, 0.1) is 0 Å². The molecule has 2 aromatic rings. The third-order valence-electron chi connectivity index (χ3n) is 2.20. The molecule has 2 aromatic heterocycles. The molecule has 0 atom stereocenters. The summed E-state index contributed by atoms with van der Waals surface area (Å²) in [7, 11) is 1.95. The average Bonchev–Trinajstić information content (AvgIpc) is 2.85. The Morgan fingerprint density at radius 3 is 3.13 bits per heavy atom. The average molecular weight is 206 g/mol. The number of rotatable bonds is 5. The van der Waals surface area contributed by atoms with Gasteiger partial charge in [-0.1, -0.05) is 0 Å². The number of aryl methyl sites for hydroxylation is 1. The minimum atomic E-state index is 0.803. The zero-order valence-electron chi connectivity index (χ0n) is 8.64. The Bertz CT molecular complexity index is 390. The van der Waals surface area contributed by atoms with E-state index in [4.69, 9.17) is 0 Å². The van der Waals surface area contributed by atoms with Crippen molar-refractivity contribution in [2.24, 2.45) is 7.05 Å². The van der Waals surface area contributed by atoms with E-state index < -0.39 is 0 Å². The Hall–Kier alpha value is -1.69. The second-order valence-electron chi connectivity index (χ2n) is 3.37. The van der Waals surface area contributed by atoms with Crippen molar-refractivity contribution < 1.29 is 0 Å². The summed E-state index contributed by atoms with van der Waals surface area (Å²) >= 11 is 0. The summed E-state index contributed by atoms with van der Waals surface area (Å²) in [4.78, 5) is 0. The topological polar surface area (TPSA) is 71.4 Å². The SMILES string of the molecule is Cn1cnnc1CCNCc1ccn[nH]1. The summed E-state index contributed by atoms with van der Waals surface area (Å²) in [5, 5.41) is 17.9. The van der Waals surface area contributed by atoms with Crippen molar-refractivity contribution in [1.82, 2.24) is 30.3 Å². The van der Waals surface area contributed by atoms with Gasteiger partial charge in [0.1, 0.15) is 12.2 Å². The van der Waals surface area contributed by atoms with E-state index in [1.807, 2.05) is 17.7 Å². The highest BCUT2D eigenvalue weighted by atomic mass is 15.2. The molecule has 0 aliphatic rings. The molecule has 0 amide bonds. The van der Waals surface area contributed by atoms with Crippen LogP contribution in [0.1, 0.15) is 11.5 Å². The van der Waals surface area contributed by atoms with E-state index in [0.717, 1.165) is 31.0 Å². The summed E-state index contributed by atoms with van der Waals surface area (Å²) in [6.07, 6.45) is 4.34. The zero-order valence-corrected chi connectivity index (χ0v) is 8.64. The van der Waals surface area contributed by atoms with Crippen LogP contribution in [0.3, 0.4) is 0 Å². The van der Waals surface area contributed by atoms with Crippen LogP contribution >= 0.6 is 0 Å². The molecule has 0 fully saturated rings. The molecule has 0 bridgehead atoms. The minimum Gasteiger partial charge on any atom is -0.321 e. The molecule has 0 aromatic carbocycles. The summed E-state index contributed by atoms with van der Waals surface area (Å²) in [5.41, 5.74) is 1.09. The largest absolute Gasteiger partial charge is 0.321 e. The van der Waals surface area contributed by atoms with Crippen LogP contribution in [0.25, 0.3) is 0 Å². The third kappa shape index (κ3) is 2.63. The van der Waals surface area contributed by atoms with Gasteiger partial charge in [0.25, 0.3) is 0 Å². The van der Waals surface area contributed by atoms with Crippen LogP contribution in [0.5, 0.6) is 0 Å². The molecule has 6 heteroatoms. The van der Waals surface area contributed by atoms with Crippen molar-refractivity contribution in [1.29, 1.82) is 0 Å². The van der Waals surface area contributed by atoms with Crippen molar-refractivity contribution in [2.45, 2.75) is 13.0 Å². The Morgan fingerprint density at radius 2 is 2.47 bits per heavy atom. The lowest BCUT2D eigenvalue weighted by atomic mass is 10.3. The van der Waals surface area contributed by atoms with Crippen LogP contribution in [0.15, 0.2) is 18.6 Å². The normalized spacial score (nSPS) is 10.7. The number of hydrogen-bond donors (Lipinski definition) is 2. The fraction of sp³-hybridized carbons (Fsp3) is 0.444. The maximum Gasteiger partial charge on any atom is 0.133 e. The fourth-order valence-electron chi connectivity index (χ4n) is 1.34. The number of H-pyrrole nitrogens is 1. The molecule has 0 aliphatic heterocycles. The van der Waals surface area contributed by atoms with Crippen LogP contribution < -0.4 is 5.32 Å². The van der Waals surface area contributed by atoms with Gasteiger partial charge in [-0.25, -0.2) is 0 Å². The monoisotopic (exact) mass is 206 g/mol. The van der Waals surface area contributed by atoms with Gasteiger partial charge in [0, 0.05) is 38.4 Å². The summed E-state index contributed by atoms with van der Waals surface area (Å²) < 4.78 is 1.93. The van der Waals surface area contributed by atoms with Gasteiger partial charge in [0.15, 0.2) is 0 Å². The molecule has 6 nitrogen and oxygen atoms in total. The quantitative estimate of drug-likeness (QED) is 0.668. The van der Waals surface area contributed by atoms with Gasteiger partial charge in [-0.05, 0) is 6.07 Å². The molecule has 2 heterocycles. The van der Waals surface area contributed by atoms with Gasteiger partial charge in [-0.2, -0.15) is 5.10 Å². The van der Waals surface area contributed by atoms with Crippen molar-refractivity contribution in [3.63, 3.8) is 0 Å². The van der Waals surface area contributed by atoms with E-state index in [0.29, 0.717) is 0 Å². The number of aromatic nitrogens is 5. The molecular weight excluding hydrogens is 192 g/mol. The van der Waals surface area contributed by atoms with E-state index in [9.17, 15) is 0 Å². The van der Waals surface area contributed by atoms with Crippen molar-refractivity contribution >= 4 is 0 Å². The lowest BCUT2D eigenvalue weighted by Crippen LogP contribution is -2.18. The van der Waals surface area contributed by atoms with E-state index in [1.54, 1.807) is 12.5 Å². The molecular formula is C9H14N6. The minimum absolute atomic E-state index is 0.803. The number of hydrogen-bond acceptors (Lipinski definition) is 4. The van der Waals surface area contributed by atoms with Gasteiger partial charge in [-0.15, -0.1) is 10.2 Å². The maximum atomic E-state index is 4.00. The molecule has 0 saturated carbocycles. The second-order valence-corrected chi connectivity index (χ2v) is 3.37. The van der Waals surface area contributed by atoms with Crippen LogP contribution in [-0.2, 0) is 20.0 Å². The van der Waals surface area contributed by atoms with Crippen molar-refractivity contribution in [3.05, 3.63) is 30.1 Å². The van der Waals surface area contributed by atoms with E-state index in [-0.39, 0.29) is 0 Å². The molecule has 0 unspecified atom stereocenters. The standard InChI is InChI=1S/C9H14N6/c1-15-7-12-14-9(15)3-4-10-6-8-2-5-11-13-8/h2,5,7,10H,3-4,6H2,1H3,(H,11,13). The Balaban J connectivity index is 1.70.